The molecular weight excluding hydrogens is 260 g/mol. The van der Waals surface area contributed by atoms with Crippen LogP contribution in [-0.4, -0.2) is 12.3 Å². The van der Waals surface area contributed by atoms with Crippen LogP contribution < -0.4 is 5.32 Å². The number of nitrogens with one attached hydrogen (secondary N) is 1. The smallest absolute Gasteiger partial charge is 0.173 e. The van der Waals surface area contributed by atoms with Crippen LogP contribution in [0.2, 0.25) is 0 Å². The fraction of sp³-hybridized carbons (Fsp3) is 0.188. The summed E-state index contributed by atoms with van der Waals surface area (Å²) < 4.78 is 26.7. The van der Waals surface area contributed by atoms with E-state index in [-0.39, 0.29) is 17.3 Å². The minimum absolute atomic E-state index is 0.0481. The summed E-state index contributed by atoms with van der Waals surface area (Å²) in [4.78, 5) is 12.5. The third-order valence-corrected chi connectivity index (χ3v) is 3.60. The molecule has 2 aromatic carbocycles. The van der Waals surface area contributed by atoms with Crippen LogP contribution in [-0.2, 0) is 0 Å². The second kappa shape index (κ2) is 5.04. The van der Waals surface area contributed by atoms with Crippen LogP contribution in [0.3, 0.4) is 0 Å². The highest BCUT2D eigenvalue weighted by Crippen LogP contribution is 2.34. The zero-order valence-corrected chi connectivity index (χ0v) is 10.7. The lowest BCUT2D eigenvalue weighted by molar-refractivity contribution is 0.0951. The van der Waals surface area contributed by atoms with Gasteiger partial charge >= 0.3 is 0 Å². The third-order valence-electron chi connectivity index (χ3n) is 3.60. The molecule has 0 bridgehead atoms. The molecule has 20 heavy (non-hydrogen) atoms. The van der Waals surface area contributed by atoms with Gasteiger partial charge in [0.25, 0.3) is 0 Å². The molecule has 0 amide bonds. The number of hydrogen-bond donors (Lipinski definition) is 1. The SMILES string of the molecule is O=C(c1ccc(F)cc1F)C1CCNc2ccccc21. The first-order chi connectivity index (χ1) is 9.66. The Hall–Kier alpha value is -2.23. The van der Waals surface area contributed by atoms with Gasteiger partial charge in [-0.3, -0.25) is 4.79 Å². The van der Waals surface area contributed by atoms with Crippen LogP contribution in [0.25, 0.3) is 0 Å². The van der Waals surface area contributed by atoms with Crippen LogP contribution in [0.5, 0.6) is 0 Å². The van der Waals surface area contributed by atoms with Gasteiger partial charge in [-0.25, -0.2) is 8.78 Å². The Morgan fingerprint density at radius 3 is 2.75 bits per heavy atom. The van der Waals surface area contributed by atoms with Crippen molar-refractivity contribution in [1.82, 2.24) is 0 Å². The molecule has 1 unspecified atom stereocenters. The molecule has 0 aromatic heterocycles. The van der Waals surface area contributed by atoms with Crippen LogP contribution in [0, 0.1) is 11.6 Å². The summed E-state index contributed by atoms with van der Waals surface area (Å²) >= 11 is 0. The number of carbonyl (C=O) groups excluding carboxylic acids is 1. The molecule has 1 N–H and O–H groups in total. The molecule has 0 aliphatic carbocycles. The number of fused-ring (bicyclic) bond motifs is 1. The maximum atomic E-state index is 13.8. The normalized spacial score (nSPS) is 17.2. The first kappa shape index (κ1) is 12.8. The van der Waals surface area contributed by atoms with Crippen molar-refractivity contribution >= 4 is 11.5 Å². The van der Waals surface area contributed by atoms with Crippen molar-refractivity contribution < 1.29 is 13.6 Å². The van der Waals surface area contributed by atoms with E-state index < -0.39 is 11.6 Å². The van der Waals surface area contributed by atoms with E-state index in [9.17, 15) is 13.6 Å². The van der Waals surface area contributed by atoms with Gasteiger partial charge in [0.15, 0.2) is 5.78 Å². The third kappa shape index (κ3) is 2.18. The maximum absolute atomic E-state index is 13.8. The first-order valence-electron chi connectivity index (χ1n) is 6.49. The summed E-state index contributed by atoms with van der Waals surface area (Å²) in [5.74, 6) is -2.15. The molecule has 102 valence electrons. The van der Waals surface area contributed by atoms with Gasteiger partial charge in [0.1, 0.15) is 11.6 Å². The monoisotopic (exact) mass is 273 g/mol. The molecule has 2 nitrogen and oxygen atoms in total. The van der Waals surface area contributed by atoms with Gasteiger partial charge in [0.05, 0.1) is 11.5 Å². The minimum atomic E-state index is -0.800. The van der Waals surface area contributed by atoms with E-state index >= 15 is 0 Å². The van der Waals surface area contributed by atoms with Gasteiger partial charge in [0.2, 0.25) is 0 Å². The Labute approximate surface area is 115 Å². The van der Waals surface area contributed by atoms with Gasteiger partial charge < -0.3 is 5.32 Å². The van der Waals surface area contributed by atoms with E-state index in [4.69, 9.17) is 0 Å². The zero-order valence-electron chi connectivity index (χ0n) is 10.7. The topological polar surface area (TPSA) is 29.1 Å². The summed E-state index contributed by atoms with van der Waals surface area (Å²) in [6.07, 6.45) is 0.604. The number of anilines is 1. The molecular formula is C16H13F2NO. The van der Waals surface area contributed by atoms with E-state index in [1.165, 1.54) is 6.07 Å². The molecule has 1 aliphatic heterocycles. The number of ketones is 1. The number of carbonyl (C=O) groups is 1. The van der Waals surface area contributed by atoms with Gasteiger partial charge in [0, 0.05) is 18.3 Å². The summed E-state index contributed by atoms with van der Waals surface area (Å²) in [5.41, 5.74) is 1.72. The Kier molecular flexibility index (Phi) is 3.22. The standard InChI is InChI=1S/C16H13F2NO/c17-10-5-6-13(14(18)9-10)16(20)12-7-8-19-15-4-2-1-3-11(12)15/h1-6,9,12,19H,7-8H2. The van der Waals surface area contributed by atoms with Crippen molar-refractivity contribution in [1.29, 1.82) is 0 Å². The summed E-state index contributed by atoms with van der Waals surface area (Å²) in [5, 5.41) is 3.22. The van der Waals surface area contributed by atoms with Crippen molar-refractivity contribution in [3.05, 3.63) is 65.2 Å². The van der Waals surface area contributed by atoms with Crippen molar-refractivity contribution in [2.45, 2.75) is 12.3 Å². The van der Waals surface area contributed by atoms with Crippen LogP contribution in [0.15, 0.2) is 42.5 Å². The number of halogens is 2. The molecule has 1 aliphatic rings. The molecule has 0 saturated heterocycles. The lowest BCUT2D eigenvalue weighted by atomic mass is 9.85. The highest BCUT2D eigenvalue weighted by atomic mass is 19.1. The van der Waals surface area contributed by atoms with E-state index in [0.29, 0.717) is 13.0 Å². The Morgan fingerprint density at radius 1 is 1.15 bits per heavy atom. The predicted octanol–water partition coefficient (Wildman–Crippen LogP) is 3.75. The number of benzene rings is 2. The Bertz CT molecular complexity index is 669. The average Bonchev–Trinajstić information content (AvgIpc) is 2.46. The second-order valence-corrected chi connectivity index (χ2v) is 4.84. The molecule has 3 rings (SSSR count). The lowest BCUT2D eigenvalue weighted by Crippen LogP contribution is -2.23. The van der Waals surface area contributed by atoms with E-state index in [1.54, 1.807) is 0 Å². The van der Waals surface area contributed by atoms with E-state index in [0.717, 1.165) is 23.4 Å². The van der Waals surface area contributed by atoms with Crippen LogP contribution in [0.1, 0.15) is 28.3 Å². The molecule has 0 spiro atoms. The molecule has 4 heteroatoms. The summed E-state index contributed by atoms with van der Waals surface area (Å²) in [6, 6.07) is 10.6. The van der Waals surface area contributed by atoms with Gasteiger partial charge in [-0.2, -0.15) is 0 Å². The maximum Gasteiger partial charge on any atom is 0.173 e. The summed E-state index contributed by atoms with van der Waals surface area (Å²) in [6.45, 7) is 0.663. The summed E-state index contributed by atoms with van der Waals surface area (Å²) in [7, 11) is 0. The van der Waals surface area contributed by atoms with Gasteiger partial charge in [-0.05, 0) is 30.2 Å². The second-order valence-electron chi connectivity index (χ2n) is 4.84. The predicted molar refractivity (Wildman–Crippen MR) is 73.0 cm³/mol. The lowest BCUT2D eigenvalue weighted by Gasteiger charge is -2.25. The zero-order chi connectivity index (χ0) is 14.1. The van der Waals surface area contributed by atoms with Crippen LogP contribution >= 0.6 is 0 Å². The van der Waals surface area contributed by atoms with Crippen LogP contribution in [0.4, 0.5) is 14.5 Å². The Balaban J connectivity index is 2.00. The van der Waals surface area contributed by atoms with Crippen molar-refractivity contribution in [3.63, 3.8) is 0 Å². The number of Topliss-reactive ketones (excluding diaryl/α,β-unsaturated/α-hetero) is 1. The van der Waals surface area contributed by atoms with Gasteiger partial charge in [-0.15, -0.1) is 0 Å². The van der Waals surface area contributed by atoms with Gasteiger partial charge in [-0.1, -0.05) is 18.2 Å². The minimum Gasteiger partial charge on any atom is -0.385 e. The molecule has 0 fully saturated rings. The largest absolute Gasteiger partial charge is 0.385 e. The average molecular weight is 273 g/mol. The quantitative estimate of drug-likeness (QED) is 0.844. The molecule has 0 radical (unpaired) electrons. The Morgan fingerprint density at radius 2 is 1.95 bits per heavy atom. The number of rotatable bonds is 2. The number of hydrogen-bond acceptors (Lipinski definition) is 2. The van der Waals surface area contributed by atoms with Crippen molar-refractivity contribution in [2.75, 3.05) is 11.9 Å². The molecule has 0 saturated carbocycles. The van der Waals surface area contributed by atoms with Crippen molar-refractivity contribution in [2.24, 2.45) is 0 Å². The molecule has 1 heterocycles. The van der Waals surface area contributed by atoms with E-state index in [2.05, 4.69) is 5.32 Å². The first-order valence-corrected chi connectivity index (χ1v) is 6.49. The molecule has 1 atom stereocenters. The van der Waals surface area contributed by atoms with Crippen molar-refractivity contribution in [3.8, 4) is 0 Å². The highest BCUT2D eigenvalue weighted by molar-refractivity contribution is 6.02. The fourth-order valence-corrected chi connectivity index (χ4v) is 2.62. The fourth-order valence-electron chi connectivity index (χ4n) is 2.62. The highest BCUT2D eigenvalue weighted by Gasteiger charge is 2.28. The molecule has 2 aromatic rings. The van der Waals surface area contributed by atoms with E-state index in [1.807, 2.05) is 24.3 Å². The number of para-hydroxylation sites is 1.